The monoisotopic (exact) mass is 437 g/mol. The maximum absolute atomic E-state index is 12.7. The van der Waals surface area contributed by atoms with Crippen LogP contribution in [0.15, 0.2) is 67.1 Å². The van der Waals surface area contributed by atoms with E-state index >= 15 is 0 Å². The zero-order chi connectivity index (χ0) is 23.4. The lowest BCUT2D eigenvalue weighted by Crippen LogP contribution is -2.12. The van der Waals surface area contributed by atoms with Crippen LogP contribution in [0.3, 0.4) is 0 Å². The van der Waals surface area contributed by atoms with Gasteiger partial charge in [-0.05, 0) is 55.0 Å². The molecule has 1 amide bonds. The number of nitrogens with one attached hydrogen (secondary N) is 1. The van der Waals surface area contributed by atoms with Crippen molar-refractivity contribution < 1.29 is 9.53 Å². The highest BCUT2D eigenvalue weighted by atomic mass is 16.5. The van der Waals surface area contributed by atoms with Crippen LogP contribution >= 0.6 is 0 Å². The standard InChI is InChI=1S/C26H23N5O2/c1-17-4-5-20(26(32)30-23-8-10-24(33-3)11-9-23)12-18(17)6-7-19-13-21(14-28-25(19)27)22-15-29-31(2)16-22/h4-5,8-16H,1-3H3,(H2,27,28)(H,30,32). The predicted molar refractivity (Wildman–Crippen MR) is 129 cm³/mol. The first kappa shape index (κ1) is 21.7. The van der Waals surface area contributed by atoms with Gasteiger partial charge >= 0.3 is 0 Å². The molecule has 4 aromatic rings. The van der Waals surface area contributed by atoms with Crippen molar-refractivity contribution in [1.82, 2.24) is 14.8 Å². The Bertz CT molecular complexity index is 1380. The van der Waals surface area contributed by atoms with Crippen molar-refractivity contribution >= 4 is 17.4 Å². The first-order chi connectivity index (χ1) is 15.9. The minimum absolute atomic E-state index is 0.219. The number of pyridine rings is 1. The molecule has 164 valence electrons. The molecule has 4 rings (SSSR count). The molecule has 0 atom stereocenters. The van der Waals surface area contributed by atoms with Crippen LogP contribution in [0.1, 0.15) is 27.0 Å². The second-order valence-corrected chi connectivity index (χ2v) is 7.52. The van der Waals surface area contributed by atoms with Gasteiger partial charge < -0.3 is 15.8 Å². The van der Waals surface area contributed by atoms with Crippen molar-refractivity contribution in [2.75, 3.05) is 18.2 Å². The Morgan fingerprint density at radius 2 is 1.79 bits per heavy atom. The van der Waals surface area contributed by atoms with E-state index in [0.717, 1.165) is 28.0 Å². The molecule has 0 radical (unpaired) electrons. The number of benzene rings is 2. The third-order valence-electron chi connectivity index (χ3n) is 5.14. The topological polar surface area (TPSA) is 95.1 Å². The molecule has 7 nitrogen and oxygen atoms in total. The summed E-state index contributed by atoms with van der Waals surface area (Å²) >= 11 is 0. The van der Waals surface area contributed by atoms with Crippen LogP contribution in [0.5, 0.6) is 5.75 Å². The number of methoxy groups -OCH3 is 1. The number of nitrogens with zero attached hydrogens (tertiary/aromatic N) is 3. The summed E-state index contributed by atoms with van der Waals surface area (Å²) in [7, 11) is 3.46. The van der Waals surface area contributed by atoms with Crippen molar-refractivity contribution in [3.8, 4) is 28.7 Å². The number of anilines is 2. The Kier molecular flexibility index (Phi) is 6.09. The van der Waals surface area contributed by atoms with Crippen LogP contribution in [0.2, 0.25) is 0 Å². The Morgan fingerprint density at radius 3 is 2.48 bits per heavy atom. The fourth-order valence-corrected chi connectivity index (χ4v) is 3.21. The molecule has 2 aromatic carbocycles. The Hall–Kier alpha value is -4.57. The van der Waals surface area contributed by atoms with Crippen LogP contribution in [-0.2, 0) is 7.05 Å². The molecular formula is C26H23N5O2. The summed E-state index contributed by atoms with van der Waals surface area (Å²) in [5, 5.41) is 7.08. The van der Waals surface area contributed by atoms with Gasteiger partial charge in [-0.25, -0.2) is 4.98 Å². The number of nitrogen functional groups attached to an aromatic ring is 1. The van der Waals surface area contributed by atoms with Gasteiger partial charge in [0, 0.05) is 47.4 Å². The number of rotatable bonds is 4. The van der Waals surface area contributed by atoms with Gasteiger partial charge in [-0.2, -0.15) is 5.10 Å². The highest BCUT2D eigenvalue weighted by Crippen LogP contribution is 2.21. The first-order valence-corrected chi connectivity index (χ1v) is 10.3. The number of hydrogen-bond donors (Lipinski definition) is 2. The Balaban J connectivity index is 1.58. The quantitative estimate of drug-likeness (QED) is 0.470. The summed E-state index contributed by atoms with van der Waals surface area (Å²) in [4.78, 5) is 17.0. The van der Waals surface area contributed by atoms with Crippen molar-refractivity contribution in [1.29, 1.82) is 0 Å². The normalized spacial score (nSPS) is 10.3. The Labute approximate surface area is 192 Å². The smallest absolute Gasteiger partial charge is 0.255 e. The Morgan fingerprint density at radius 1 is 1.03 bits per heavy atom. The zero-order valence-corrected chi connectivity index (χ0v) is 18.6. The fraction of sp³-hybridized carbons (Fsp3) is 0.115. The number of ether oxygens (including phenoxy) is 1. The lowest BCUT2D eigenvalue weighted by Gasteiger charge is -2.08. The summed E-state index contributed by atoms with van der Waals surface area (Å²) in [5.41, 5.74) is 11.4. The number of aryl methyl sites for hydroxylation is 2. The predicted octanol–water partition coefficient (Wildman–Crippen LogP) is 4.03. The molecule has 0 aliphatic rings. The third-order valence-corrected chi connectivity index (χ3v) is 5.14. The van der Waals surface area contributed by atoms with Gasteiger partial charge in [0.15, 0.2) is 0 Å². The SMILES string of the molecule is COc1ccc(NC(=O)c2ccc(C)c(C#Cc3cc(-c4cnn(C)c4)cnc3N)c2)cc1. The van der Waals surface area contributed by atoms with E-state index in [1.807, 2.05) is 32.3 Å². The maximum atomic E-state index is 12.7. The lowest BCUT2D eigenvalue weighted by molar-refractivity contribution is 0.102. The zero-order valence-electron chi connectivity index (χ0n) is 18.6. The molecule has 0 saturated carbocycles. The van der Waals surface area contributed by atoms with Crippen molar-refractivity contribution in [2.45, 2.75) is 6.92 Å². The lowest BCUT2D eigenvalue weighted by atomic mass is 10.0. The summed E-state index contributed by atoms with van der Waals surface area (Å²) in [6.07, 6.45) is 5.37. The van der Waals surface area contributed by atoms with Crippen LogP contribution < -0.4 is 15.8 Å². The van der Waals surface area contributed by atoms with Crippen LogP contribution in [0.25, 0.3) is 11.1 Å². The number of nitrogens with two attached hydrogens (primary N) is 1. The van der Waals surface area contributed by atoms with Crippen LogP contribution in [0.4, 0.5) is 11.5 Å². The van der Waals surface area contributed by atoms with Gasteiger partial charge in [-0.1, -0.05) is 17.9 Å². The minimum atomic E-state index is -0.219. The van der Waals surface area contributed by atoms with E-state index in [1.54, 1.807) is 60.6 Å². The maximum Gasteiger partial charge on any atom is 0.255 e. The number of carbonyl (C=O) groups is 1. The van der Waals surface area contributed by atoms with E-state index < -0.39 is 0 Å². The van der Waals surface area contributed by atoms with E-state index in [0.29, 0.717) is 22.6 Å². The molecule has 0 bridgehead atoms. The minimum Gasteiger partial charge on any atom is -0.497 e. The molecule has 0 unspecified atom stereocenters. The van der Waals surface area contributed by atoms with Crippen LogP contribution in [-0.4, -0.2) is 27.8 Å². The van der Waals surface area contributed by atoms with E-state index in [9.17, 15) is 4.79 Å². The second-order valence-electron chi connectivity index (χ2n) is 7.52. The van der Waals surface area contributed by atoms with Gasteiger partial charge in [0.2, 0.25) is 0 Å². The summed E-state index contributed by atoms with van der Waals surface area (Å²) in [5.74, 6) is 7.10. The largest absolute Gasteiger partial charge is 0.497 e. The summed E-state index contributed by atoms with van der Waals surface area (Å²) in [6, 6.07) is 14.5. The molecule has 0 spiro atoms. The van der Waals surface area contributed by atoms with E-state index in [-0.39, 0.29) is 5.91 Å². The van der Waals surface area contributed by atoms with Crippen LogP contribution in [0, 0.1) is 18.8 Å². The second kappa shape index (κ2) is 9.28. The summed E-state index contributed by atoms with van der Waals surface area (Å²) in [6.45, 7) is 1.95. The number of amides is 1. The first-order valence-electron chi connectivity index (χ1n) is 10.3. The highest BCUT2D eigenvalue weighted by Gasteiger charge is 2.09. The molecule has 33 heavy (non-hydrogen) atoms. The highest BCUT2D eigenvalue weighted by molar-refractivity contribution is 6.04. The van der Waals surface area contributed by atoms with E-state index in [2.05, 4.69) is 27.2 Å². The average Bonchev–Trinajstić information content (AvgIpc) is 3.26. The van der Waals surface area contributed by atoms with Gasteiger partial charge in [-0.3, -0.25) is 9.48 Å². The molecule has 0 saturated heterocycles. The molecule has 2 heterocycles. The molecule has 0 aliphatic heterocycles. The molecule has 0 aliphatic carbocycles. The number of aromatic nitrogens is 3. The fourth-order valence-electron chi connectivity index (χ4n) is 3.21. The third kappa shape index (κ3) is 5.02. The van der Waals surface area contributed by atoms with Gasteiger partial charge in [0.1, 0.15) is 11.6 Å². The summed E-state index contributed by atoms with van der Waals surface area (Å²) < 4.78 is 6.87. The van der Waals surface area contributed by atoms with E-state index in [4.69, 9.17) is 10.5 Å². The average molecular weight is 438 g/mol. The van der Waals surface area contributed by atoms with Crippen molar-refractivity contribution in [3.63, 3.8) is 0 Å². The van der Waals surface area contributed by atoms with E-state index in [1.165, 1.54) is 0 Å². The van der Waals surface area contributed by atoms with Crippen molar-refractivity contribution in [2.24, 2.45) is 7.05 Å². The molecule has 2 aromatic heterocycles. The van der Waals surface area contributed by atoms with Gasteiger partial charge in [-0.15, -0.1) is 0 Å². The van der Waals surface area contributed by atoms with Gasteiger partial charge in [0.25, 0.3) is 5.91 Å². The molecule has 3 N–H and O–H groups in total. The molecular weight excluding hydrogens is 414 g/mol. The van der Waals surface area contributed by atoms with Crippen molar-refractivity contribution in [3.05, 3.63) is 89.4 Å². The molecule has 7 heteroatoms. The number of carbonyl (C=O) groups excluding carboxylic acids is 1. The molecule has 0 fully saturated rings. The van der Waals surface area contributed by atoms with Gasteiger partial charge in [0.05, 0.1) is 18.9 Å². The number of hydrogen-bond acceptors (Lipinski definition) is 5.